The van der Waals surface area contributed by atoms with E-state index in [0.717, 1.165) is 0 Å². The van der Waals surface area contributed by atoms with E-state index in [2.05, 4.69) is 0 Å². The van der Waals surface area contributed by atoms with Gasteiger partial charge in [0.15, 0.2) is 11.6 Å². The molecule has 0 unspecified atom stereocenters. The average Bonchev–Trinajstić information content (AvgIpc) is 2.22. The van der Waals surface area contributed by atoms with Gasteiger partial charge in [-0.15, -0.1) is 0 Å². The second kappa shape index (κ2) is 8.11. The van der Waals surface area contributed by atoms with Crippen molar-refractivity contribution in [3.63, 3.8) is 0 Å². The first kappa shape index (κ1) is 19.6. The fraction of sp³-hybridized carbons (Fsp3) is 0.300. The molecule has 0 aliphatic carbocycles. The average molecular weight is 331 g/mol. The summed E-state index contributed by atoms with van der Waals surface area (Å²) in [4.78, 5) is 31.9. The smallest absolute Gasteiger partial charge is 0.466 e. The minimum Gasteiger partial charge on any atom is -0.481 e. The Morgan fingerprint density at radius 3 is 2.00 bits per heavy atom. The second-order valence-corrected chi connectivity index (χ2v) is 4.96. The Kier molecular flexibility index (Phi) is 7.55. The molecule has 0 aromatic heterocycles. The molecular formula is C10H13F3NO6P. The van der Waals surface area contributed by atoms with E-state index in [-0.39, 0.29) is 18.4 Å². The van der Waals surface area contributed by atoms with Crippen LogP contribution < -0.4 is 5.73 Å². The molecule has 21 heavy (non-hydrogen) atoms. The number of hydrogen-bond donors (Lipinski definition) is 5. The lowest BCUT2D eigenvalue weighted by molar-refractivity contribution is -0.137. The van der Waals surface area contributed by atoms with E-state index in [9.17, 15) is 18.0 Å². The summed E-state index contributed by atoms with van der Waals surface area (Å²) in [6.07, 6.45) is -0.520. The number of carbonyl (C=O) groups is 1. The number of hydrogen-bond acceptors (Lipinski definition) is 3. The summed E-state index contributed by atoms with van der Waals surface area (Å²) in [5, 5.41) is 8.42. The van der Waals surface area contributed by atoms with Crippen molar-refractivity contribution in [2.45, 2.75) is 18.9 Å². The highest BCUT2D eigenvalue weighted by Gasteiger charge is 2.14. The van der Waals surface area contributed by atoms with Crippen LogP contribution in [0.3, 0.4) is 0 Å². The van der Waals surface area contributed by atoms with Crippen LogP contribution in [0.1, 0.15) is 12.0 Å². The van der Waals surface area contributed by atoms with Gasteiger partial charge in [0.25, 0.3) is 0 Å². The van der Waals surface area contributed by atoms with Gasteiger partial charge in [-0.1, -0.05) is 0 Å². The lowest BCUT2D eigenvalue weighted by Crippen LogP contribution is -2.26. The van der Waals surface area contributed by atoms with Crippen molar-refractivity contribution in [2.24, 2.45) is 5.73 Å². The van der Waals surface area contributed by atoms with Gasteiger partial charge < -0.3 is 25.5 Å². The zero-order chi connectivity index (χ0) is 16.8. The van der Waals surface area contributed by atoms with Crippen LogP contribution in [0.25, 0.3) is 0 Å². The summed E-state index contributed by atoms with van der Waals surface area (Å²) in [5.41, 5.74) is 5.27. The maximum absolute atomic E-state index is 13.1. The predicted octanol–water partition coefficient (Wildman–Crippen LogP) is 0.520. The Bertz CT molecular complexity index is 542. The van der Waals surface area contributed by atoms with E-state index in [1.54, 1.807) is 0 Å². The van der Waals surface area contributed by atoms with Crippen LogP contribution >= 0.6 is 7.82 Å². The fourth-order valence-corrected chi connectivity index (χ4v) is 1.30. The molecule has 1 aromatic rings. The lowest BCUT2D eigenvalue weighted by atomic mass is 10.0. The van der Waals surface area contributed by atoms with E-state index >= 15 is 0 Å². The van der Waals surface area contributed by atoms with Crippen LogP contribution in [0.4, 0.5) is 13.2 Å². The number of carboxylic acid groups (broad SMARTS) is 1. The quantitative estimate of drug-likeness (QED) is 0.400. The van der Waals surface area contributed by atoms with E-state index in [1.807, 2.05) is 0 Å². The third-order valence-electron chi connectivity index (χ3n) is 2.01. The molecule has 0 saturated carbocycles. The predicted molar refractivity (Wildman–Crippen MR) is 64.5 cm³/mol. The minimum atomic E-state index is -4.64. The Morgan fingerprint density at radius 2 is 1.57 bits per heavy atom. The molecule has 0 radical (unpaired) electrons. The molecule has 11 heteroatoms. The SMILES string of the molecule is N[C@@H](CC(=O)O)Cc1cc(F)c(F)cc1F.O=P(O)(O)O. The summed E-state index contributed by atoms with van der Waals surface area (Å²) in [6.45, 7) is 0. The first-order valence-corrected chi connectivity index (χ1v) is 6.85. The van der Waals surface area contributed by atoms with Gasteiger partial charge >= 0.3 is 13.8 Å². The standard InChI is InChI=1S/C10H10F3NO2.H3O4P/c11-7-4-9(13)8(12)2-5(7)1-6(14)3-10(15)16;1-5(2,3)4/h2,4,6H,1,3,14H2,(H,15,16);(H3,1,2,3,4)/t6-;/m1./s1. The van der Waals surface area contributed by atoms with Crippen molar-refractivity contribution in [1.29, 1.82) is 0 Å². The number of phosphoric acid groups is 1. The van der Waals surface area contributed by atoms with E-state index in [0.29, 0.717) is 12.1 Å². The molecule has 0 fully saturated rings. The zero-order valence-electron chi connectivity index (χ0n) is 10.4. The highest BCUT2D eigenvalue weighted by Crippen LogP contribution is 2.25. The van der Waals surface area contributed by atoms with Crippen molar-refractivity contribution in [3.05, 3.63) is 35.1 Å². The van der Waals surface area contributed by atoms with Gasteiger partial charge in [-0.2, -0.15) is 0 Å². The third kappa shape index (κ3) is 9.99. The topological polar surface area (TPSA) is 141 Å². The van der Waals surface area contributed by atoms with Crippen LogP contribution in [0.15, 0.2) is 12.1 Å². The Balaban J connectivity index is 0.000000690. The molecule has 7 nitrogen and oxygen atoms in total. The Morgan fingerprint density at radius 1 is 1.14 bits per heavy atom. The third-order valence-corrected chi connectivity index (χ3v) is 2.01. The number of benzene rings is 1. The summed E-state index contributed by atoms with van der Waals surface area (Å²) in [5.74, 6) is -4.53. The molecule has 0 amide bonds. The molecule has 1 atom stereocenters. The van der Waals surface area contributed by atoms with Crippen LogP contribution in [0.5, 0.6) is 0 Å². The molecule has 1 rings (SSSR count). The van der Waals surface area contributed by atoms with Gasteiger partial charge in [0, 0.05) is 12.1 Å². The van der Waals surface area contributed by atoms with Crippen LogP contribution in [-0.4, -0.2) is 31.8 Å². The zero-order valence-corrected chi connectivity index (χ0v) is 11.3. The molecule has 1 aromatic carbocycles. The van der Waals surface area contributed by atoms with Crippen LogP contribution in [-0.2, 0) is 15.8 Å². The van der Waals surface area contributed by atoms with Crippen LogP contribution in [0.2, 0.25) is 0 Å². The van der Waals surface area contributed by atoms with Gasteiger partial charge in [-0.3, -0.25) is 4.79 Å². The summed E-state index contributed by atoms with van der Waals surface area (Å²) in [6, 6.07) is 0.265. The molecule has 0 aliphatic rings. The van der Waals surface area contributed by atoms with Gasteiger partial charge in [0.1, 0.15) is 5.82 Å². The Labute approximate surface area is 117 Å². The van der Waals surface area contributed by atoms with E-state index in [4.69, 9.17) is 30.1 Å². The van der Waals surface area contributed by atoms with Gasteiger partial charge in [-0.05, 0) is 18.1 Å². The fourth-order valence-electron chi connectivity index (χ4n) is 1.30. The van der Waals surface area contributed by atoms with Gasteiger partial charge in [-0.25, -0.2) is 17.7 Å². The molecule has 0 heterocycles. The maximum atomic E-state index is 13.1. The van der Waals surface area contributed by atoms with Crippen molar-refractivity contribution in [1.82, 2.24) is 0 Å². The number of carboxylic acids is 1. The van der Waals surface area contributed by atoms with Crippen molar-refractivity contribution >= 4 is 13.8 Å². The van der Waals surface area contributed by atoms with Crippen molar-refractivity contribution in [2.75, 3.05) is 0 Å². The number of halogens is 3. The molecular weight excluding hydrogens is 318 g/mol. The highest BCUT2D eigenvalue weighted by molar-refractivity contribution is 7.45. The first-order valence-electron chi connectivity index (χ1n) is 5.29. The minimum absolute atomic E-state index is 0.132. The summed E-state index contributed by atoms with van der Waals surface area (Å²) in [7, 11) is -4.64. The molecule has 0 saturated heterocycles. The lowest BCUT2D eigenvalue weighted by Gasteiger charge is -2.09. The maximum Gasteiger partial charge on any atom is 0.466 e. The van der Waals surface area contributed by atoms with Crippen molar-refractivity contribution in [3.8, 4) is 0 Å². The highest BCUT2D eigenvalue weighted by atomic mass is 31.2. The number of nitrogens with two attached hydrogens (primary N) is 1. The summed E-state index contributed by atoms with van der Waals surface area (Å²) < 4.78 is 47.3. The van der Waals surface area contributed by atoms with Crippen LogP contribution in [0, 0.1) is 17.5 Å². The molecule has 120 valence electrons. The van der Waals surface area contributed by atoms with Gasteiger partial charge in [0.2, 0.25) is 0 Å². The summed E-state index contributed by atoms with van der Waals surface area (Å²) >= 11 is 0. The monoisotopic (exact) mass is 331 g/mol. The van der Waals surface area contributed by atoms with Gasteiger partial charge in [0.05, 0.1) is 6.42 Å². The van der Waals surface area contributed by atoms with E-state index in [1.165, 1.54) is 0 Å². The molecule has 0 aliphatic heterocycles. The van der Waals surface area contributed by atoms with E-state index < -0.39 is 37.3 Å². The molecule has 6 N–H and O–H groups in total. The largest absolute Gasteiger partial charge is 0.481 e. The number of aliphatic carboxylic acids is 1. The second-order valence-electron chi connectivity index (χ2n) is 3.93. The van der Waals surface area contributed by atoms with Crippen molar-refractivity contribution < 1.29 is 42.3 Å². The Hall–Kier alpha value is -1.45. The molecule has 0 bridgehead atoms. The first-order chi connectivity index (χ1) is 9.40. The normalized spacial score (nSPS) is 12.3. The molecule has 0 spiro atoms. The number of rotatable bonds is 4.